The SMILES string of the molecule is CCCNS(=O)(=O)Nc1ncnc(OCCOc2ncc(C)cn2)c1-c1ccc(Br)cc1. The molecule has 12 heteroatoms. The third kappa shape index (κ3) is 6.84. The molecular weight excluding hydrogens is 500 g/mol. The summed E-state index contributed by atoms with van der Waals surface area (Å²) < 4.78 is 41.8. The number of nitrogens with one attached hydrogen (secondary N) is 2. The summed E-state index contributed by atoms with van der Waals surface area (Å²) in [5.74, 6) is 0.313. The molecule has 0 amide bonds. The Balaban J connectivity index is 1.81. The van der Waals surface area contributed by atoms with E-state index < -0.39 is 10.2 Å². The van der Waals surface area contributed by atoms with Crippen LogP contribution in [0, 0.1) is 6.92 Å². The minimum absolute atomic E-state index is 0.101. The fourth-order valence-corrected chi connectivity index (χ4v) is 3.78. The van der Waals surface area contributed by atoms with E-state index in [-0.39, 0.29) is 30.9 Å². The van der Waals surface area contributed by atoms with Gasteiger partial charge in [0.05, 0.1) is 5.56 Å². The number of hydrogen-bond acceptors (Lipinski definition) is 8. The standard InChI is InChI=1S/C20H23BrN6O4S/c1-3-8-26-32(28,29)27-18-17(15-4-6-16(21)7-5-15)19(25-13-24-18)30-9-10-31-20-22-11-14(2)12-23-20/h4-7,11-13,26H,3,8-10H2,1-2H3,(H,24,25,27). The highest BCUT2D eigenvalue weighted by Crippen LogP contribution is 2.34. The van der Waals surface area contributed by atoms with Gasteiger partial charge in [-0.05, 0) is 36.6 Å². The average molecular weight is 523 g/mol. The van der Waals surface area contributed by atoms with Crippen molar-refractivity contribution in [3.63, 3.8) is 0 Å². The van der Waals surface area contributed by atoms with E-state index in [2.05, 4.69) is 45.3 Å². The van der Waals surface area contributed by atoms with Gasteiger partial charge in [-0.25, -0.2) is 19.9 Å². The predicted octanol–water partition coefficient (Wildman–Crippen LogP) is 3.12. The molecule has 2 heterocycles. The van der Waals surface area contributed by atoms with Crippen molar-refractivity contribution in [2.75, 3.05) is 24.5 Å². The van der Waals surface area contributed by atoms with E-state index in [0.717, 1.165) is 10.0 Å². The molecule has 0 unspecified atom stereocenters. The number of hydrogen-bond donors (Lipinski definition) is 2. The van der Waals surface area contributed by atoms with Gasteiger partial charge in [0.1, 0.15) is 19.5 Å². The lowest BCUT2D eigenvalue weighted by molar-refractivity contribution is 0.202. The maximum atomic E-state index is 12.4. The van der Waals surface area contributed by atoms with Crippen LogP contribution in [-0.4, -0.2) is 48.1 Å². The van der Waals surface area contributed by atoms with Crippen molar-refractivity contribution in [3.8, 4) is 23.0 Å². The molecule has 0 aliphatic carbocycles. The van der Waals surface area contributed by atoms with Gasteiger partial charge >= 0.3 is 6.01 Å². The van der Waals surface area contributed by atoms with Crippen molar-refractivity contribution in [2.45, 2.75) is 20.3 Å². The van der Waals surface area contributed by atoms with Gasteiger partial charge < -0.3 is 9.47 Å². The number of rotatable bonds is 11. The Labute approximate surface area is 195 Å². The molecule has 3 rings (SSSR count). The second-order valence-corrected chi connectivity index (χ2v) is 9.06. The molecule has 0 atom stereocenters. The maximum Gasteiger partial charge on any atom is 0.316 e. The summed E-state index contributed by atoms with van der Waals surface area (Å²) in [7, 11) is -3.81. The lowest BCUT2D eigenvalue weighted by Crippen LogP contribution is -2.31. The van der Waals surface area contributed by atoms with E-state index in [1.54, 1.807) is 12.4 Å². The third-order valence-corrected chi connectivity index (χ3v) is 5.60. The zero-order valence-corrected chi connectivity index (χ0v) is 20.0. The van der Waals surface area contributed by atoms with Gasteiger partial charge in [-0.1, -0.05) is 35.0 Å². The minimum Gasteiger partial charge on any atom is -0.473 e. The smallest absolute Gasteiger partial charge is 0.316 e. The second kappa shape index (κ2) is 11.2. The van der Waals surface area contributed by atoms with E-state index in [9.17, 15) is 8.42 Å². The first-order chi connectivity index (χ1) is 15.4. The van der Waals surface area contributed by atoms with Gasteiger partial charge in [0.25, 0.3) is 10.2 Å². The zero-order chi connectivity index (χ0) is 23.0. The molecule has 0 bridgehead atoms. The van der Waals surface area contributed by atoms with Crippen molar-refractivity contribution in [3.05, 3.63) is 53.0 Å². The Morgan fingerprint density at radius 1 is 1.00 bits per heavy atom. The van der Waals surface area contributed by atoms with Crippen LogP contribution in [0.5, 0.6) is 11.9 Å². The summed E-state index contributed by atoms with van der Waals surface area (Å²) in [4.78, 5) is 16.5. The molecule has 0 fully saturated rings. The van der Waals surface area contributed by atoms with Crippen LogP contribution < -0.4 is 18.9 Å². The summed E-state index contributed by atoms with van der Waals surface area (Å²) in [5, 5.41) is 0. The van der Waals surface area contributed by atoms with Crippen LogP contribution in [0.2, 0.25) is 0 Å². The summed E-state index contributed by atoms with van der Waals surface area (Å²) in [5.41, 5.74) is 2.02. The molecule has 0 saturated carbocycles. The number of anilines is 1. The van der Waals surface area contributed by atoms with Crippen molar-refractivity contribution in [2.24, 2.45) is 0 Å². The van der Waals surface area contributed by atoms with Gasteiger partial charge in [-0.15, -0.1) is 0 Å². The van der Waals surface area contributed by atoms with Crippen LogP contribution in [0.1, 0.15) is 18.9 Å². The maximum absolute atomic E-state index is 12.4. The lowest BCUT2D eigenvalue weighted by Gasteiger charge is -2.15. The first kappa shape index (κ1) is 23.8. The number of nitrogens with zero attached hydrogens (tertiary/aromatic N) is 4. The average Bonchev–Trinajstić information content (AvgIpc) is 2.77. The molecule has 3 aromatic rings. The highest BCUT2D eigenvalue weighted by Gasteiger charge is 2.19. The van der Waals surface area contributed by atoms with Crippen molar-refractivity contribution in [1.29, 1.82) is 0 Å². The van der Waals surface area contributed by atoms with Crippen LogP contribution in [-0.2, 0) is 10.2 Å². The summed E-state index contributed by atoms with van der Waals surface area (Å²) in [6, 6.07) is 7.52. The molecule has 2 aromatic heterocycles. The number of aromatic nitrogens is 4. The second-order valence-electron chi connectivity index (χ2n) is 6.65. The van der Waals surface area contributed by atoms with Crippen LogP contribution in [0.15, 0.2) is 47.5 Å². The molecule has 10 nitrogen and oxygen atoms in total. The molecule has 0 spiro atoms. The quantitative estimate of drug-likeness (QED) is 0.367. The van der Waals surface area contributed by atoms with E-state index in [1.807, 2.05) is 38.1 Å². The summed E-state index contributed by atoms with van der Waals surface area (Å²) in [6.07, 6.45) is 5.21. The molecule has 0 saturated heterocycles. The highest BCUT2D eigenvalue weighted by atomic mass is 79.9. The first-order valence-electron chi connectivity index (χ1n) is 9.80. The first-order valence-corrected chi connectivity index (χ1v) is 12.1. The normalized spacial score (nSPS) is 11.2. The fraction of sp³-hybridized carbons (Fsp3) is 0.300. The molecular formula is C20H23BrN6O4S. The van der Waals surface area contributed by atoms with Crippen LogP contribution in [0.4, 0.5) is 5.82 Å². The summed E-state index contributed by atoms with van der Waals surface area (Å²) >= 11 is 3.40. The molecule has 0 aliphatic heterocycles. The Hall–Kier alpha value is -2.83. The van der Waals surface area contributed by atoms with Gasteiger partial charge in [0.2, 0.25) is 5.88 Å². The van der Waals surface area contributed by atoms with E-state index in [4.69, 9.17) is 9.47 Å². The lowest BCUT2D eigenvalue weighted by atomic mass is 10.1. The number of benzene rings is 1. The number of aryl methyl sites for hydroxylation is 1. The molecule has 2 N–H and O–H groups in total. The zero-order valence-electron chi connectivity index (χ0n) is 17.6. The largest absolute Gasteiger partial charge is 0.473 e. The Morgan fingerprint density at radius 2 is 1.69 bits per heavy atom. The molecule has 32 heavy (non-hydrogen) atoms. The van der Waals surface area contributed by atoms with Crippen LogP contribution >= 0.6 is 15.9 Å². The Kier molecular flexibility index (Phi) is 8.31. The Bertz CT molecular complexity index is 1130. The van der Waals surface area contributed by atoms with Gasteiger partial charge in [-0.2, -0.15) is 13.1 Å². The van der Waals surface area contributed by atoms with Gasteiger partial charge in [-0.3, -0.25) is 4.72 Å². The minimum atomic E-state index is -3.81. The highest BCUT2D eigenvalue weighted by molar-refractivity contribution is 9.10. The molecule has 170 valence electrons. The monoisotopic (exact) mass is 522 g/mol. The number of halogens is 1. The third-order valence-electron chi connectivity index (χ3n) is 4.03. The van der Waals surface area contributed by atoms with E-state index in [0.29, 0.717) is 24.1 Å². The predicted molar refractivity (Wildman–Crippen MR) is 124 cm³/mol. The van der Waals surface area contributed by atoms with E-state index in [1.165, 1.54) is 6.33 Å². The molecule has 1 aromatic carbocycles. The van der Waals surface area contributed by atoms with Crippen molar-refractivity contribution in [1.82, 2.24) is 24.7 Å². The van der Waals surface area contributed by atoms with Crippen LogP contribution in [0.3, 0.4) is 0 Å². The number of ether oxygens (including phenoxy) is 2. The topological polar surface area (TPSA) is 128 Å². The van der Waals surface area contributed by atoms with Gasteiger partial charge in [0.15, 0.2) is 5.82 Å². The molecule has 0 radical (unpaired) electrons. The van der Waals surface area contributed by atoms with Gasteiger partial charge in [0, 0.05) is 23.4 Å². The fourth-order valence-electron chi connectivity index (χ4n) is 2.56. The Morgan fingerprint density at radius 3 is 2.38 bits per heavy atom. The van der Waals surface area contributed by atoms with Crippen molar-refractivity contribution < 1.29 is 17.9 Å². The van der Waals surface area contributed by atoms with Crippen molar-refractivity contribution >= 4 is 32.0 Å². The summed E-state index contributed by atoms with van der Waals surface area (Å²) in [6.45, 7) is 4.37. The van der Waals surface area contributed by atoms with Crippen LogP contribution in [0.25, 0.3) is 11.1 Å². The van der Waals surface area contributed by atoms with E-state index >= 15 is 0 Å². The molecule has 0 aliphatic rings.